The zero-order valence-corrected chi connectivity index (χ0v) is 14.7. The molecule has 4 rings (SSSR count). The van der Waals surface area contributed by atoms with Gasteiger partial charge in [-0.1, -0.05) is 23.7 Å². The normalized spacial score (nSPS) is 11.1. The Labute approximate surface area is 151 Å². The minimum atomic E-state index is -0.295. The molecule has 0 aliphatic rings. The first-order valence-corrected chi connectivity index (χ1v) is 8.71. The topological polar surface area (TPSA) is 63.5 Å². The van der Waals surface area contributed by atoms with Gasteiger partial charge in [0, 0.05) is 16.9 Å². The molecule has 1 N–H and O–H groups in total. The maximum absolute atomic E-state index is 12.5. The van der Waals surface area contributed by atoms with Crippen molar-refractivity contribution >= 4 is 50.4 Å². The molecule has 0 saturated carbocycles. The van der Waals surface area contributed by atoms with Gasteiger partial charge in [-0.3, -0.25) is 14.0 Å². The van der Waals surface area contributed by atoms with E-state index in [1.54, 1.807) is 36.5 Å². The lowest BCUT2D eigenvalue weighted by molar-refractivity contribution is 0.103. The molecule has 25 heavy (non-hydrogen) atoms. The fourth-order valence-electron chi connectivity index (χ4n) is 2.52. The van der Waals surface area contributed by atoms with Crippen LogP contribution in [-0.4, -0.2) is 15.3 Å². The average Bonchev–Trinajstić information content (AvgIpc) is 3.03. The fourth-order valence-corrected chi connectivity index (χ4v) is 3.63. The van der Waals surface area contributed by atoms with Crippen molar-refractivity contribution in [3.8, 4) is 0 Å². The second-order valence-corrected chi connectivity index (χ2v) is 7.03. The van der Waals surface area contributed by atoms with Gasteiger partial charge in [0.05, 0.1) is 10.3 Å². The van der Waals surface area contributed by atoms with Gasteiger partial charge in [0.15, 0.2) is 0 Å². The quantitative estimate of drug-likeness (QED) is 0.578. The van der Waals surface area contributed by atoms with Gasteiger partial charge >= 0.3 is 0 Å². The Bertz CT molecular complexity index is 1200. The lowest BCUT2D eigenvalue weighted by Gasteiger charge is -2.05. The summed E-state index contributed by atoms with van der Waals surface area (Å²) in [7, 11) is 0. The van der Waals surface area contributed by atoms with Crippen LogP contribution in [0.5, 0.6) is 0 Å². The number of hydrogen-bond donors (Lipinski definition) is 1. The number of nitrogens with zero attached hydrogens (tertiary/aromatic N) is 2. The number of thiophene rings is 1. The van der Waals surface area contributed by atoms with E-state index < -0.39 is 0 Å². The van der Waals surface area contributed by atoms with Crippen LogP contribution >= 0.6 is 22.9 Å². The van der Waals surface area contributed by atoms with Crippen molar-refractivity contribution in [3.63, 3.8) is 0 Å². The molecule has 124 valence electrons. The number of halogens is 1. The summed E-state index contributed by atoms with van der Waals surface area (Å²) in [4.78, 5) is 30.5. The molecule has 7 heteroatoms. The molecule has 1 aromatic carbocycles. The predicted octanol–water partition coefficient (Wildman–Crippen LogP) is 4.12. The number of hydrogen-bond acceptors (Lipinski definition) is 4. The third-order valence-corrected chi connectivity index (χ3v) is 5.30. The highest BCUT2D eigenvalue weighted by Crippen LogP contribution is 2.24. The minimum Gasteiger partial charge on any atom is -0.321 e. The van der Waals surface area contributed by atoms with E-state index in [0.29, 0.717) is 31.5 Å². The summed E-state index contributed by atoms with van der Waals surface area (Å²) in [5.41, 5.74) is 1.91. The first-order valence-electron chi connectivity index (χ1n) is 7.51. The van der Waals surface area contributed by atoms with Crippen LogP contribution in [0.15, 0.2) is 53.5 Å². The van der Waals surface area contributed by atoms with E-state index in [9.17, 15) is 9.59 Å². The molecule has 0 radical (unpaired) electrons. The summed E-state index contributed by atoms with van der Waals surface area (Å²) in [5.74, 6) is -0.295. The number of aryl methyl sites for hydroxylation is 1. The number of carbonyl (C=O) groups excluding carboxylic acids is 1. The molecule has 0 aliphatic heterocycles. The molecular weight excluding hydrogens is 358 g/mol. The van der Waals surface area contributed by atoms with Gasteiger partial charge in [-0.05, 0) is 42.8 Å². The van der Waals surface area contributed by atoms with Gasteiger partial charge in [0.1, 0.15) is 10.5 Å². The zero-order chi connectivity index (χ0) is 17.6. The van der Waals surface area contributed by atoms with Gasteiger partial charge in [0.25, 0.3) is 11.5 Å². The lowest BCUT2D eigenvalue weighted by Crippen LogP contribution is -2.13. The van der Waals surface area contributed by atoms with Gasteiger partial charge in [-0.2, -0.15) is 0 Å². The Morgan fingerprint density at radius 3 is 2.88 bits per heavy atom. The molecule has 5 nitrogen and oxygen atoms in total. The number of fused-ring (bicyclic) bond motifs is 2. The molecule has 3 aromatic heterocycles. The number of carbonyl (C=O) groups is 1. The molecule has 0 atom stereocenters. The highest BCUT2D eigenvalue weighted by Gasteiger charge is 2.15. The van der Waals surface area contributed by atoms with E-state index in [2.05, 4.69) is 10.3 Å². The molecular formula is C18H12ClN3O2S. The third kappa shape index (κ3) is 2.79. The van der Waals surface area contributed by atoms with Crippen molar-refractivity contribution in [2.24, 2.45) is 0 Å². The van der Waals surface area contributed by atoms with Crippen molar-refractivity contribution in [2.45, 2.75) is 6.92 Å². The Hall–Kier alpha value is -2.70. The van der Waals surface area contributed by atoms with Gasteiger partial charge < -0.3 is 5.32 Å². The number of aromatic nitrogens is 2. The molecule has 3 heterocycles. The summed E-state index contributed by atoms with van der Waals surface area (Å²) in [6.07, 6.45) is 1.66. The maximum Gasteiger partial charge on any atom is 0.266 e. The van der Waals surface area contributed by atoms with Crippen LogP contribution in [0, 0.1) is 6.92 Å². The Balaban J connectivity index is 1.74. The molecule has 4 aromatic rings. The van der Waals surface area contributed by atoms with E-state index in [-0.39, 0.29) is 11.5 Å². The summed E-state index contributed by atoms with van der Waals surface area (Å²) in [6, 6.07) is 12.2. The summed E-state index contributed by atoms with van der Waals surface area (Å²) in [5, 5.41) is 3.81. The second kappa shape index (κ2) is 5.98. The van der Waals surface area contributed by atoms with Crippen molar-refractivity contribution in [2.75, 3.05) is 5.32 Å². The van der Waals surface area contributed by atoms with Crippen LogP contribution in [0.1, 0.15) is 15.2 Å². The number of anilines is 1. The molecule has 0 bridgehead atoms. The number of benzene rings is 1. The molecule has 0 aliphatic carbocycles. The standard InChI is InChI=1S/C18H12ClN3O2S/c1-10-5-6-11(8-13(10)19)20-16(23)14-9-12-17(25-14)21-15-4-2-3-7-22(15)18(12)24/h2-9H,1H3,(H,20,23). The van der Waals surface area contributed by atoms with Crippen LogP contribution in [0.2, 0.25) is 5.02 Å². The first kappa shape index (κ1) is 15.8. The van der Waals surface area contributed by atoms with Crippen LogP contribution in [0.25, 0.3) is 15.9 Å². The fraction of sp³-hybridized carbons (Fsp3) is 0.0556. The summed E-state index contributed by atoms with van der Waals surface area (Å²) >= 11 is 7.28. The van der Waals surface area contributed by atoms with Crippen molar-refractivity contribution in [1.29, 1.82) is 0 Å². The van der Waals surface area contributed by atoms with Crippen LogP contribution in [-0.2, 0) is 0 Å². The second-order valence-electron chi connectivity index (χ2n) is 5.59. The summed E-state index contributed by atoms with van der Waals surface area (Å²) in [6.45, 7) is 1.89. The number of rotatable bonds is 2. The van der Waals surface area contributed by atoms with Gasteiger partial charge in [0.2, 0.25) is 0 Å². The highest BCUT2D eigenvalue weighted by atomic mass is 35.5. The predicted molar refractivity (Wildman–Crippen MR) is 101 cm³/mol. The van der Waals surface area contributed by atoms with Crippen molar-refractivity contribution in [1.82, 2.24) is 9.38 Å². The van der Waals surface area contributed by atoms with Crippen molar-refractivity contribution < 1.29 is 4.79 Å². The Morgan fingerprint density at radius 1 is 1.24 bits per heavy atom. The SMILES string of the molecule is Cc1ccc(NC(=O)c2cc3c(=O)n4ccccc4nc3s2)cc1Cl. The average molecular weight is 370 g/mol. The highest BCUT2D eigenvalue weighted by molar-refractivity contribution is 7.20. The van der Waals surface area contributed by atoms with Gasteiger partial charge in [-0.15, -0.1) is 11.3 Å². The monoisotopic (exact) mass is 369 g/mol. The van der Waals surface area contributed by atoms with Crippen LogP contribution in [0.4, 0.5) is 5.69 Å². The van der Waals surface area contributed by atoms with Crippen LogP contribution < -0.4 is 10.9 Å². The lowest BCUT2D eigenvalue weighted by atomic mass is 10.2. The largest absolute Gasteiger partial charge is 0.321 e. The minimum absolute atomic E-state index is 0.186. The molecule has 0 fully saturated rings. The van der Waals surface area contributed by atoms with E-state index >= 15 is 0 Å². The van der Waals surface area contributed by atoms with Crippen LogP contribution in [0.3, 0.4) is 0 Å². The Morgan fingerprint density at radius 2 is 2.08 bits per heavy atom. The first-order chi connectivity index (χ1) is 12.0. The van der Waals surface area contributed by atoms with E-state index in [1.165, 1.54) is 15.7 Å². The van der Waals surface area contributed by atoms with E-state index in [0.717, 1.165) is 5.56 Å². The molecule has 0 unspecified atom stereocenters. The summed E-state index contributed by atoms with van der Waals surface area (Å²) < 4.78 is 1.47. The third-order valence-electron chi connectivity index (χ3n) is 3.87. The molecule has 0 saturated heterocycles. The molecule has 1 amide bonds. The number of amides is 1. The maximum atomic E-state index is 12.5. The van der Waals surface area contributed by atoms with Gasteiger partial charge in [-0.25, -0.2) is 4.98 Å². The molecule has 0 spiro atoms. The van der Waals surface area contributed by atoms with Crippen molar-refractivity contribution in [3.05, 3.63) is 74.5 Å². The number of pyridine rings is 1. The van der Waals surface area contributed by atoms with E-state index in [4.69, 9.17) is 11.6 Å². The Kier molecular flexibility index (Phi) is 3.78. The number of nitrogens with one attached hydrogen (secondary N) is 1. The zero-order valence-electron chi connectivity index (χ0n) is 13.1. The smallest absolute Gasteiger partial charge is 0.266 e. The van der Waals surface area contributed by atoms with E-state index in [1.807, 2.05) is 19.1 Å².